The van der Waals surface area contributed by atoms with Gasteiger partial charge in [0, 0.05) is 17.6 Å². The van der Waals surface area contributed by atoms with Crippen LogP contribution in [-0.2, 0) is 0 Å². The number of primary amides is 1. The Labute approximate surface area is 119 Å². The summed E-state index contributed by atoms with van der Waals surface area (Å²) in [5, 5.41) is 6.90. The third-order valence-corrected chi connectivity index (χ3v) is 3.69. The molecule has 2 unspecified atom stereocenters. The lowest BCUT2D eigenvalue weighted by atomic mass is 10.1. The molecule has 2 atom stereocenters. The summed E-state index contributed by atoms with van der Waals surface area (Å²) in [6.07, 6.45) is 3.52. The van der Waals surface area contributed by atoms with Gasteiger partial charge in [-0.2, -0.15) is 0 Å². The molecule has 0 saturated carbocycles. The Morgan fingerprint density at radius 2 is 2.40 bits per heavy atom. The smallest absolute Gasteiger partial charge is 0.248 e. The van der Waals surface area contributed by atoms with E-state index in [-0.39, 0.29) is 0 Å². The number of hydrogen-bond acceptors (Lipinski definition) is 4. The van der Waals surface area contributed by atoms with E-state index in [1.54, 1.807) is 25.3 Å². The third kappa shape index (κ3) is 3.63. The van der Waals surface area contributed by atoms with E-state index in [2.05, 4.69) is 17.6 Å². The largest absolute Gasteiger partial charge is 0.495 e. The van der Waals surface area contributed by atoms with Gasteiger partial charge in [0.2, 0.25) is 5.91 Å². The molecule has 4 N–H and O–H groups in total. The van der Waals surface area contributed by atoms with Crippen molar-refractivity contribution in [1.29, 1.82) is 0 Å². The van der Waals surface area contributed by atoms with Crippen LogP contribution in [0.4, 0.5) is 5.69 Å². The van der Waals surface area contributed by atoms with Crippen molar-refractivity contribution in [3.05, 3.63) is 23.8 Å². The summed E-state index contributed by atoms with van der Waals surface area (Å²) in [6.45, 7) is 3.24. The van der Waals surface area contributed by atoms with E-state index in [4.69, 9.17) is 10.5 Å². The Morgan fingerprint density at radius 3 is 3.00 bits per heavy atom. The van der Waals surface area contributed by atoms with Gasteiger partial charge < -0.3 is 21.1 Å². The molecule has 0 aromatic heterocycles. The summed E-state index contributed by atoms with van der Waals surface area (Å²) < 4.78 is 5.32. The molecule has 5 heteroatoms. The van der Waals surface area contributed by atoms with Gasteiger partial charge in [-0.05, 0) is 50.9 Å². The fourth-order valence-corrected chi connectivity index (χ4v) is 2.68. The van der Waals surface area contributed by atoms with Crippen molar-refractivity contribution in [2.24, 2.45) is 5.73 Å². The van der Waals surface area contributed by atoms with Crippen molar-refractivity contribution in [1.82, 2.24) is 5.32 Å². The molecule has 1 aliphatic heterocycles. The Morgan fingerprint density at radius 1 is 1.60 bits per heavy atom. The van der Waals surface area contributed by atoms with Gasteiger partial charge in [0.15, 0.2) is 0 Å². The molecule has 1 fully saturated rings. The lowest BCUT2D eigenvalue weighted by Crippen LogP contribution is -2.29. The number of nitrogens with one attached hydrogen (secondary N) is 2. The number of carbonyl (C=O) groups is 1. The van der Waals surface area contributed by atoms with Crippen LogP contribution in [0.25, 0.3) is 0 Å². The monoisotopic (exact) mass is 277 g/mol. The van der Waals surface area contributed by atoms with Crippen LogP contribution in [0.5, 0.6) is 5.75 Å². The first-order valence-corrected chi connectivity index (χ1v) is 7.08. The number of amides is 1. The average Bonchev–Trinajstić information content (AvgIpc) is 2.91. The van der Waals surface area contributed by atoms with Gasteiger partial charge in [-0.3, -0.25) is 4.79 Å². The quantitative estimate of drug-likeness (QED) is 0.740. The van der Waals surface area contributed by atoms with Crippen LogP contribution in [0.3, 0.4) is 0 Å². The zero-order valence-electron chi connectivity index (χ0n) is 12.1. The van der Waals surface area contributed by atoms with E-state index in [9.17, 15) is 4.79 Å². The second kappa shape index (κ2) is 6.61. The first kappa shape index (κ1) is 14.7. The second-order valence-electron chi connectivity index (χ2n) is 5.35. The van der Waals surface area contributed by atoms with Gasteiger partial charge in [-0.15, -0.1) is 0 Å². The third-order valence-electron chi connectivity index (χ3n) is 3.69. The minimum Gasteiger partial charge on any atom is -0.495 e. The van der Waals surface area contributed by atoms with Gasteiger partial charge in [-0.1, -0.05) is 0 Å². The van der Waals surface area contributed by atoms with E-state index < -0.39 is 5.91 Å². The SMILES string of the molecule is COc1ccc(C(N)=O)cc1NC(C)CC1CCCN1. The van der Waals surface area contributed by atoms with E-state index >= 15 is 0 Å². The molecule has 2 rings (SSSR count). The van der Waals surface area contributed by atoms with Gasteiger partial charge >= 0.3 is 0 Å². The molecule has 1 heterocycles. The van der Waals surface area contributed by atoms with E-state index in [1.807, 2.05) is 0 Å². The highest BCUT2D eigenvalue weighted by molar-refractivity contribution is 5.94. The van der Waals surface area contributed by atoms with E-state index in [0.717, 1.165) is 24.4 Å². The van der Waals surface area contributed by atoms with Crippen LogP contribution >= 0.6 is 0 Å². The molecule has 0 spiro atoms. The summed E-state index contributed by atoms with van der Waals surface area (Å²) in [7, 11) is 1.62. The molecule has 1 amide bonds. The van der Waals surface area contributed by atoms with Crippen LogP contribution < -0.4 is 21.1 Å². The fourth-order valence-electron chi connectivity index (χ4n) is 2.68. The highest BCUT2D eigenvalue weighted by Gasteiger charge is 2.18. The number of benzene rings is 1. The zero-order chi connectivity index (χ0) is 14.5. The number of rotatable bonds is 6. The lowest BCUT2D eigenvalue weighted by Gasteiger charge is -2.21. The van der Waals surface area contributed by atoms with Gasteiger partial charge in [0.1, 0.15) is 5.75 Å². The molecular weight excluding hydrogens is 254 g/mol. The maximum atomic E-state index is 11.3. The molecular formula is C15H23N3O2. The fraction of sp³-hybridized carbons (Fsp3) is 0.533. The number of carbonyl (C=O) groups excluding carboxylic acids is 1. The van der Waals surface area contributed by atoms with Crippen molar-refractivity contribution in [2.75, 3.05) is 19.0 Å². The maximum Gasteiger partial charge on any atom is 0.248 e. The van der Waals surface area contributed by atoms with Crippen LogP contribution in [0, 0.1) is 0 Å². The van der Waals surface area contributed by atoms with Gasteiger partial charge in [-0.25, -0.2) is 0 Å². The summed E-state index contributed by atoms with van der Waals surface area (Å²) in [5.41, 5.74) is 6.62. The molecule has 0 radical (unpaired) electrons. The zero-order valence-corrected chi connectivity index (χ0v) is 12.1. The number of hydrogen-bond donors (Lipinski definition) is 3. The first-order valence-electron chi connectivity index (χ1n) is 7.08. The summed E-state index contributed by atoms with van der Waals surface area (Å²) in [5.74, 6) is 0.294. The van der Waals surface area contributed by atoms with Gasteiger partial charge in [0.25, 0.3) is 0 Å². The Kier molecular flexibility index (Phi) is 4.84. The topological polar surface area (TPSA) is 76.4 Å². The van der Waals surface area contributed by atoms with Crippen molar-refractivity contribution >= 4 is 11.6 Å². The molecule has 1 aromatic carbocycles. The number of methoxy groups -OCH3 is 1. The Bertz CT molecular complexity index is 470. The molecule has 0 aliphatic carbocycles. The second-order valence-corrected chi connectivity index (χ2v) is 5.35. The Balaban J connectivity index is 2.05. The van der Waals surface area contributed by atoms with Crippen LogP contribution in [0.2, 0.25) is 0 Å². The van der Waals surface area contributed by atoms with Crippen molar-refractivity contribution in [3.63, 3.8) is 0 Å². The molecule has 1 aromatic rings. The van der Waals surface area contributed by atoms with Crippen LogP contribution in [0.15, 0.2) is 18.2 Å². The predicted octanol–water partition coefficient (Wildman–Crippen LogP) is 1.74. The standard InChI is InChI=1S/C15H23N3O2/c1-10(8-12-4-3-7-17-12)18-13-9-11(15(16)19)5-6-14(13)20-2/h5-6,9-10,12,17-18H,3-4,7-8H2,1-2H3,(H2,16,19). The molecule has 0 bridgehead atoms. The highest BCUT2D eigenvalue weighted by Crippen LogP contribution is 2.27. The molecule has 1 saturated heterocycles. The normalized spacial score (nSPS) is 19.6. The summed E-state index contributed by atoms with van der Waals surface area (Å²) in [4.78, 5) is 11.3. The Hall–Kier alpha value is -1.75. The first-order chi connectivity index (χ1) is 9.60. The van der Waals surface area contributed by atoms with Crippen molar-refractivity contribution < 1.29 is 9.53 Å². The maximum absolute atomic E-state index is 11.3. The van der Waals surface area contributed by atoms with Crippen LogP contribution in [-0.4, -0.2) is 31.6 Å². The summed E-state index contributed by atoms with van der Waals surface area (Å²) >= 11 is 0. The number of anilines is 1. The molecule has 110 valence electrons. The van der Waals surface area contributed by atoms with Crippen LogP contribution in [0.1, 0.15) is 36.5 Å². The molecule has 5 nitrogen and oxygen atoms in total. The van der Waals surface area contributed by atoms with E-state index in [1.165, 1.54) is 12.8 Å². The summed E-state index contributed by atoms with van der Waals surface area (Å²) in [6, 6.07) is 6.06. The average molecular weight is 277 g/mol. The number of nitrogens with two attached hydrogens (primary N) is 1. The highest BCUT2D eigenvalue weighted by atomic mass is 16.5. The minimum absolute atomic E-state index is 0.294. The van der Waals surface area contributed by atoms with Crippen molar-refractivity contribution in [2.45, 2.75) is 38.3 Å². The van der Waals surface area contributed by atoms with Crippen molar-refractivity contribution in [3.8, 4) is 5.75 Å². The lowest BCUT2D eigenvalue weighted by molar-refractivity contribution is 0.100. The number of ether oxygens (including phenoxy) is 1. The van der Waals surface area contributed by atoms with Gasteiger partial charge in [0.05, 0.1) is 12.8 Å². The molecule has 1 aliphatic rings. The molecule has 20 heavy (non-hydrogen) atoms. The predicted molar refractivity (Wildman–Crippen MR) is 80.2 cm³/mol. The van der Waals surface area contributed by atoms with E-state index in [0.29, 0.717) is 17.6 Å². The minimum atomic E-state index is -0.430.